The van der Waals surface area contributed by atoms with Gasteiger partial charge in [0, 0.05) is 24.8 Å². The highest BCUT2D eigenvalue weighted by molar-refractivity contribution is 6.30. The molecule has 0 spiro atoms. The van der Waals surface area contributed by atoms with Crippen molar-refractivity contribution >= 4 is 17.6 Å². The fourth-order valence-corrected chi connectivity index (χ4v) is 1.56. The van der Waals surface area contributed by atoms with Crippen molar-refractivity contribution in [1.82, 2.24) is 10.7 Å². The molecule has 0 saturated heterocycles. The third kappa shape index (κ3) is 7.00. The number of nitrogens with zero attached hydrogens (tertiary/aromatic N) is 1. The molecule has 0 amide bonds. The van der Waals surface area contributed by atoms with Crippen LogP contribution >= 0.6 is 11.6 Å². The maximum atomic E-state index is 5.82. The van der Waals surface area contributed by atoms with Gasteiger partial charge in [-0.25, -0.2) is 10.8 Å². The van der Waals surface area contributed by atoms with Crippen LogP contribution < -0.4 is 16.6 Å². The van der Waals surface area contributed by atoms with Gasteiger partial charge in [0.1, 0.15) is 0 Å². The van der Waals surface area contributed by atoms with E-state index in [4.69, 9.17) is 22.2 Å². The molecule has 0 unspecified atom stereocenters. The molecule has 5 nitrogen and oxygen atoms in total. The molecule has 0 aliphatic carbocycles. The first-order valence-electron chi connectivity index (χ1n) is 6.33. The van der Waals surface area contributed by atoms with Gasteiger partial charge in [0.25, 0.3) is 0 Å². The van der Waals surface area contributed by atoms with Crippen LogP contribution in [0, 0.1) is 0 Å². The topological polar surface area (TPSA) is 71.7 Å². The second kappa shape index (κ2) is 9.61. The van der Waals surface area contributed by atoms with E-state index < -0.39 is 0 Å². The van der Waals surface area contributed by atoms with E-state index in [1.165, 1.54) is 0 Å². The van der Waals surface area contributed by atoms with Crippen molar-refractivity contribution in [2.24, 2.45) is 10.8 Å². The molecule has 0 saturated carbocycles. The van der Waals surface area contributed by atoms with Crippen molar-refractivity contribution in [3.05, 3.63) is 34.9 Å². The summed E-state index contributed by atoms with van der Waals surface area (Å²) >= 11 is 5.82. The normalized spacial score (nSPS) is 11.4. The minimum Gasteiger partial charge on any atom is -0.382 e. The van der Waals surface area contributed by atoms with Gasteiger partial charge in [0.2, 0.25) is 5.96 Å². The van der Waals surface area contributed by atoms with E-state index in [2.05, 4.69) is 15.7 Å². The summed E-state index contributed by atoms with van der Waals surface area (Å²) in [4.78, 5) is 4.35. The maximum Gasteiger partial charge on any atom is 0.206 e. The lowest BCUT2D eigenvalue weighted by Crippen LogP contribution is -2.42. The molecule has 0 heterocycles. The minimum atomic E-state index is 0.551. The Balaban J connectivity index is 2.33. The van der Waals surface area contributed by atoms with E-state index in [1.807, 2.05) is 31.2 Å². The van der Waals surface area contributed by atoms with Crippen molar-refractivity contribution < 1.29 is 4.74 Å². The summed E-state index contributed by atoms with van der Waals surface area (Å²) in [6, 6.07) is 7.57. The van der Waals surface area contributed by atoms with Crippen molar-refractivity contribution in [2.75, 3.05) is 19.8 Å². The second-order valence-electron chi connectivity index (χ2n) is 3.91. The third-order valence-corrected chi connectivity index (χ3v) is 2.68. The van der Waals surface area contributed by atoms with Gasteiger partial charge in [0.05, 0.1) is 6.54 Å². The first-order chi connectivity index (χ1) is 9.26. The number of halogens is 1. The average Bonchev–Trinajstić information content (AvgIpc) is 2.44. The first-order valence-corrected chi connectivity index (χ1v) is 6.71. The van der Waals surface area contributed by atoms with Crippen LogP contribution in [0.3, 0.4) is 0 Å². The van der Waals surface area contributed by atoms with E-state index in [-0.39, 0.29) is 0 Å². The van der Waals surface area contributed by atoms with E-state index >= 15 is 0 Å². The van der Waals surface area contributed by atoms with Crippen LogP contribution in [-0.4, -0.2) is 25.7 Å². The zero-order valence-corrected chi connectivity index (χ0v) is 11.9. The number of nitrogens with one attached hydrogen (secondary N) is 2. The number of guanidine groups is 1. The van der Waals surface area contributed by atoms with Crippen molar-refractivity contribution in [3.63, 3.8) is 0 Å². The summed E-state index contributed by atoms with van der Waals surface area (Å²) in [5.74, 6) is 5.98. The molecule has 0 atom stereocenters. The smallest absolute Gasteiger partial charge is 0.206 e. The SMILES string of the molecule is CCOCCCNC(=NCc1ccc(Cl)cc1)NN. The number of benzene rings is 1. The quantitative estimate of drug-likeness (QED) is 0.234. The Kier molecular flexibility index (Phi) is 7.97. The Morgan fingerprint density at radius 3 is 2.74 bits per heavy atom. The second-order valence-corrected chi connectivity index (χ2v) is 4.35. The van der Waals surface area contributed by atoms with Crippen LogP contribution in [0.25, 0.3) is 0 Å². The van der Waals surface area contributed by atoms with Gasteiger partial charge in [-0.1, -0.05) is 23.7 Å². The lowest BCUT2D eigenvalue weighted by molar-refractivity contribution is 0.145. The van der Waals surface area contributed by atoms with Gasteiger partial charge in [-0.05, 0) is 31.0 Å². The standard InChI is InChI=1S/C13H21ClN4O/c1-2-19-9-3-8-16-13(18-15)17-10-11-4-6-12(14)7-5-11/h4-7H,2-3,8-10,15H2,1H3,(H2,16,17,18). The highest BCUT2D eigenvalue weighted by Crippen LogP contribution is 2.09. The monoisotopic (exact) mass is 284 g/mol. The van der Waals surface area contributed by atoms with Crippen LogP contribution in [0.1, 0.15) is 18.9 Å². The molecule has 0 aliphatic heterocycles. The summed E-state index contributed by atoms with van der Waals surface area (Å²) in [6.45, 7) is 4.78. The number of hydrogen-bond acceptors (Lipinski definition) is 3. The Bertz CT molecular complexity index is 381. The van der Waals surface area contributed by atoms with E-state index in [0.29, 0.717) is 12.5 Å². The van der Waals surface area contributed by atoms with Gasteiger partial charge in [0.15, 0.2) is 0 Å². The van der Waals surface area contributed by atoms with Crippen LogP contribution in [0.5, 0.6) is 0 Å². The molecule has 0 bridgehead atoms. The number of nitrogens with two attached hydrogens (primary N) is 1. The molecule has 0 fully saturated rings. The van der Waals surface area contributed by atoms with Gasteiger partial charge < -0.3 is 10.1 Å². The molecule has 4 N–H and O–H groups in total. The molecule has 6 heteroatoms. The van der Waals surface area contributed by atoms with Crippen LogP contribution in [0.15, 0.2) is 29.3 Å². The molecular formula is C13H21ClN4O. The van der Waals surface area contributed by atoms with Crippen LogP contribution in [-0.2, 0) is 11.3 Å². The Labute approximate surface area is 119 Å². The Morgan fingerprint density at radius 1 is 1.37 bits per heavy atom. The summed E-state index contributed by atoms with van der Waals surface area (Å²) < 4.78 is 5.25. The van der Waals surface area contributed by atoms with Gasteiger partial charge in [-0.3, -0.25) is 5.43 Å². The highest BCUT2D eigenvalue weighted by Gasteiger charge is 1.96. The average molecular weight is 285 g/mol. The van der Waals surface area contributed by atoms with E-state index in [0.717, 1.165) is 36.8 Å². The molecule has 0 aromatic heterocycles. The number of hydrogen-bond donors (Lipinski definition) is 3. The molecule has 0 radical (unpaired) electrons. The summed E-state index contributed by atoms with van der Waals surface area (Å²) in [5, 5.41) is 3.84. The lowest BCUT2D eigenvalue weighted by Gasteiger charge is -2.09. The van der Waals surface area contributed by atoms with Gasteiger partial charge in [-0.2, -0.15) is 0 Å². The van der Waals surface area contributed by atoms with E-state index in [9.17, 15) is 0 Å². The van der Waals surface area contributed by atoms with Gasteiger partial charge in [-0.15, -0.1) is 0 Å². The largest absolute Gasteiger partial charge is 0.382 e. The number of rotatable bonds is 7. The van der Waals surface area contributed by atoms with E-state index in [1.54, 1.807) is 0 Å². The van der Waals surface area contributed by atoms with Crippen molar-refractivity contribution in [1.29, 1.82) is 0 Å². The molecule has 1 aromatic rings. The fourth-order valence-electron chi connectivity index (χ4n) is 1.44. The summed E-state index contributed by atoms with van der Waals surface area (Å²) in [6.07, 6.45) is 0.912. The number of hydrazine groups is 1. The molecule has 19 heavy (non-hydrogen) atoms. The minimum absolute atomic E-state index is 0.551. The molecular weight excluding hydrogens is 264 g/mol. The van der Waals surface area contributed by atoms with Crippen LogP contribution in [0.4, 0.5) is 0 Å². The molecule has 0 aliphatic rings. The predicted molar refractivity (Wildman–Crippen MR) is 79.0 cm³/mol. The number of aliphatic imine (C=N–C) groups is 1. The summed E-state index contributed by atoms with van der Waals surface area (Å²) in [7, 11) is 0. The number of ether oxygens (including phenoxy) is 1. The summed E-state index contributed by atoms with van der Waals surface area (Å²) in [5.41, 5.74) is 3.62. The Morgan fingerprint density at radius 2 is 2.11 bits per heavy atom. The van der Waals surface area contributed by atoms with Crippen LogP contribution in [0.2, 0.25) is 5.02 Å². The molecule has 1 aromatic carbocycles. The van der Waals surface area contributed by atoms with Gasteiger partial charge >= 0.3 is 0 Å². The third-order valence-electron chi connectivity index (χ3n) is 2.43. The van der Waals surface area contributed by atoms with Crippen molar-refractivity contribution in [3.8, 4) is 0 Å². The molecule has 1 rings (SSSR count). The fraction of sp³-hybridized carbons (Fsp3) is 0.462. The lowest BCUT2D eigenvalue weighted by atomic mass is 10.2. The zero-order valence-electron chi connectivity index (χ0n) is 11.2. The maximum absolute atomic E-state index is 5.82. The highest BCUT2D eigenvalue weighted by atomic mass is 35.5. The predicted octanol–water partition coefficient (Wildman–Crippen LogP) is 1.68. The first kappa shape index (κ1) is 15.8. The molecule has 106 valence electrons. The Hall–Kier alpha value is -1.30. The van der Waals surface area contributed by atoms with Crippen molar-refractivity contribution in [2.45, 2.75) is 19.9 Å². The zero-order chi connectivity index (χ0) is 13.9.